The maximum absolute atomic E-state index is 6.07. The third-order valence-corrected chi connectivity index (χ3v) is 2.95. The maximum atomic E-state index is 6.07. The molecule has 0 heterocycles. The van der Waals surface area contributed by atoms with E-state index in [0.29, 0.717) is 13.2 Å². The zero-order valence-corrected chi connectivity index (χ0v) is 11.6. The van der Waals surface area contributed by atoms with Crippen molar-refractivity contribution in [3.63, 3.8) is 0 Å². The van der Waals surface area contributed by atoms with Gasteiger partial charge in [0.2, 0.25) is 0 Å². The zero-order valence-electron chi connectivity index (χ0n) is 11.6. The van der Waals surface area contributed by atoms with Crippen LogP contribution in [0.1, 0.15) is 18.1 Å². The van der Waals surface area contributed by atoms with E-state index in [2.05, 4.69) is 18.7 Å². The first-order valence-electron chi connectivity index (χ1n) is 6.85. The van der Waals surface area contributed by atoms with E-state index in [-0.39, 0.29) is 6.10 Å². The second kappa shape index (κ2) is 8.18. The van der Waals surface area contributed by atoms with Gasteiger partial charge in [0, 0.05) is 6.42 Å². The molecule has 104 valence electrons. The SMILES string of the molecule is C=CCOCCC(Oc1ccccc1)c1ccccc1. The Morgan fingerprint density at radius 2 is 1.60 bits per heavy atom. The molecular weight excluding hydrogens is 248 g/mol. The minimum Gasteiger partial charge on any atom is -0.486 e. The van der Waals surface area contributed by atoms with Crippen LogP contribution in [0.25, 0.3) is 0 Å². The minimum atomic E-state index is 0.00316. The fraction of sp³-hybridized carbons (Fsp3) is 0.222. The molecule has 0 radical (unpaired) electrons. The summed E-state index contributed by atoms with van der Waals surface area (Å²) < 4.78 is 11.5. The fourth-order valence-electron chi connectivity index (χ4n) is 1.98. The lowest BCUT2D eigenvalue weighted by Gasteiger charge is -2.19. The average Bonchev–Trinajstić information content (AvgIpc) is 2.52. The van der Waals surface area contributed by atoms with Crippen LogP contribution in [-0.2, 0) is 4.74 Å². The summed E-state index contributed by atoms with van der Waals surface area (Å²) in [5.74, 6) is 0.880. The predicted octanol–water partition coefficient (Wildman–Crippen LogP) is 4.40. The summed E-state index contributed by atoms with van der Waals surface area (Å²) in [6, 6.07) is 20.1. The van der Waals surface area contributed by atoms with Gasteiger partial charge in [-0.2, -0.15) is 0 Å². The van der Waals surface area contributed by atoms with Crippen molar-refractivity contribution in [1.82, 2.24) is 0 Å². The molecule has 2 rings (SSSR count). The molecule has 2 heteroatoms. The molecule has 0 fully saturated rings. The van der Waals surface area contributed by atoms with Crippen molar-refractivity contribution in [2.24, 2.45) is 0 Å². The van der Waals surface area contributed by atoms with Crippen LogP contribution in [0.2, 0.25) is 0 Å². The van der Waals surface area contributed by atoms with E-state index in [1.807, 2.05) is 48.5 Å². The van der Waals surface area contributed by atoms with Gasteiger partial charge in [-0.3, -0.25) is 0 Å². The molecule has 2 aromatic rings. The van der Waals surface area contributed by atoms with Crippen LogP contribution < -0.4 is 4.74 Å². The van der Waals surface area contributed by atoms with Gasteiger partial charge in [-0.15, -0.1) is 6.58 Å². The van der Waals surface area contributed by atoms with E-state index in [4.69, 9.17) is 9.47 Å². The molecule has 1 unspecified atom stereocenters. The summed E-state index contributed by atoms with van der Waals surface area (Å²) in [4.78, 5) is 0. The molecule has 0 saturated heterocycles. The Labute approximate surface area is 120 Å². The molecule has 20 heavy (non-hydrogen) atoms. The second-order valence-corrected chi connectivity index (χ2v) is 4.48. The molecule has 0 aliphatic heterocycles. The van der Waals surface area contributed by atoms with Crippen molar-refractivity contribution in [3.8, 4) is 5.75 Å². The highest BCUT2D eigenvalue weighted by Gasteiger charge is 2.12. The second-order valence-electron chi connectivity index (χ2n) is 4.48. The first-order chi connectivity index (χ1) is 9.90. The Morgan fingerprint density at radius 3 is 2.25 bits per heavy atom. The van der Waals surface area contributed by atoms with Gasteiger partial charge in [0.05, 0.1) is 13.2 Å². The molecule has 0 saturated carbocycles. The molecule has 0 aliphatic rings. The molecule has 0 N–H and O–H groups in total. The lowest BCUT2D eigenvalue weighted by molar-refractivity contribution is 0.108. The highest BCUT2D eigenvalue weighted by Crippen LogP contribution is 2.24. The molecule has 0 bridgehead atoms. The van der Waals surface area contributed by atoms with Gasteiger partial charge in [0.1, 0.15) is 11.9 Å². The summed E-state index contributed by atoms with van der Waals surface area (Å²) in [6.45, 7) is 4.87. The Balaban J connectivity index is 2.02. The smallest absolute Gasteiger partial charge is 0.126 e. The van der Waals surface area contributed by atoms with E-state index < -0.39 is 0 Å². The monoisotopic (exact) mass is 268 g/mol. The summed E-state index contributed by atoms with van der Waals surface area (Å²) in [5.41, 5.74) is 1.17. The highest BCUT2D eigenvalue weighted by molar-refractivity contribution is 5.24. The fourth-order valence-corrected chi connectivity index (χ4v) is 1.98. The van der Waals surface area contributed by atoms with Crippen molar-refractivity contribution in [3.05, 3.63) is 78.9 Å². The van der Waals surface area contributed by atoms with Crippen LogP contribution in [0, 0.1) is 0 Å². The zero-order chi connectivity index (χ0) is 14.0. The first-order valence-corrected chi connectivity index (χ1v) is 6.85. The van der Waals surface area contributed by atoms with Crippen LogP contribution in [0.5, 0.6) is 5.75 Å². The molecule has 0 spiro atoms. The molecule has 0 aliphatic carbocycles. The lowest BCUT2D eigenvalue weighted by Crippen LogP contribution is -2.11. The van der Waals surface area contributed by atoms with Crippen LogP contribution in [-0.4, -0.2) is 13.2 Å². The standard InChI is InChI=1S/C18H20O2/c1-2-14-19-15-13-18(16-9-5-3-6-10-16)20-17-11-7-4-8-12-17/h2-12,18H,1,13-15H2. The Hall–Kier alpha value is -2.06. The number of para-hydroxylation sites is 1. The normalized spacial score (nSPS) is 11.8. The third-order valence-electron chi connectivity index (χ3n) is 2.95. The summed E-state index contributed by atoms with van der Waals surface area (Å²) in [6.07, 6.45) is 2.57. The van der Waals surface area contributed by atoms with Crippen molar-refractivity contribution in [2.75, 3.05) is 13.2 Å². The molecular formula is C18H20O2. The van der Waals surface area contributed by atoms with Gasteiger partial charge in [0.25, 0.3) is 0 Å². The van der Waals surface area contributed by atoms with E-state index in [1.54, 1.807) is 6.08 Å². The molecule has 1 atom stereocenters. The first kappa shape index (κ1) is 14.4. The molecule has 0 aromatic heterocycles. The van der Waals surface area contributed by atoms with Crippen molar-refractivity contribution >= 4 is 0 Å². The number of benzene rings is 2. The Morgan fingerprint density at radius 1 is 0.950 bits per heavy atom. The van der Waals surface area contributed by atoms with Crippen molar-refractivity contribution < 1.29 is 9.47 Å². The van der Waals surface area contributed by atoms with E-state index in [0.717, 1.165) is 12.2 Å². The summed E-state index contributed by atoms with van der Waals surface area (Å²) >= 11 is 0. The van der Waals surface area contributed by atoms with E-state index in [1.165, 1.54) is 5.56 Å². The summed E-state index contributed by atoms with van der Waals surface area (Å²) in [7, 11) is 0. The van der Waals surface area contributed by atoms with Crippen molar-refractivity contribution in [1.29, 1.82) is 0 Å². The van der Waals surface area contributed by atoms with E-state index in [9.17, 15) is 0 Å². The van der Waals surface area contributed by atoms with Gasteiger partial charge in [0.15, 0.2) is 0 Å². The van der Waals surface area contributed by atoms with Gasteiger partial charge < -0.3 is 9.47 Å². The van der Waals surface area contributed by atoms with Crippen molar-refractivity contribution in [2.45, 2.75) is 12.5 Å². The molecule has 0 amide bonds. The summed E-state index contributed by atoms with van der Waals surface area (Å²) in [5, 5.41) is 0. The van der Waals surface area contributed by atoms with Gasteiger partial charge in [-0.25, -0.2) is 0 Å². The lowest BCUT2D eigenvalue weighted by atomic mass is 10.1. The number of hydrogen-bond acceptors (Lipinski definition) is 2. The quantitative estimate of drug-likeness (QED) is 0.522. The largest absolute Gasteiger partial charge is 0.486 e. The van der Waals surface area contributed by atoms with Crippen LogP contribution in [0.3, 0.4) is 0 Å². The number of ether oxygens (including phenoxy) is 2. The predicted molar refractivity (Wildman–Crippen MR) is 81.9 cm³/mol. The molecule has 2 aromatic carbocycles. The Bertz CT molecular complexity index is 493. The van der Waals surface area contributed by atoms with Crippen LogP contribution in [0.15, 0.2) is 73.3 Å². The number of rotatable bonds is 8. The topological polar surface area (TPSA) is 18.5 Å². The van der Waals surface area contributed by atoms with Gasteiger partial charge >= 0.3 is 0 Å². The highest BCUT2D eigenvalue weighted by atomic mass is 16.5. The Kier molecular flexibility index (Phi) is 5.87. The maximum Gasteiger partial charge on any atom is 0.126 e. The minimum absolute atomic E-state index is 0.00316. The van der Waals surface area contributed by atoms with E-state index >= 15 is 0 Å². The molecule has 2 nitrogen and oxygen atoms in total. The van der Waals surface area contributed by atoms with Crippen LogP contribution >= 0.6 is 0 Å². The number of hydrogen-bond donors (Lipinski definition) is 0. The van der Waals surface area contributed by atoms with Crippen LogP contribution in [0.4, 0.5) is 0 Å². The van der Waals surface area contributed by atoms with Gasteiger partial charge in [-0.05, 0) is 17.7 Å². The average molecular weight is 268 g/mol. The third kappa shape index (κ3) is 4.56. The van der Waals surface area contributed by atoms with Gasteiger partial charge in [-0.1, -0.05) is 54.6 Å².